The summed E-state index contributed by atoms with van der Waals surface area (Å²) in [6.07, 6.45) is 0. The van der Waals surface area contributed by atoms with E-state index in [0.29, 0.717) is 17.4 Å². The molecule has 0 saturated heterocycles. The van der Waals surface area contributed by atoms with Gasteiger partial charge in [0.15, 0.2) is 0 Å². The van der Waals surface area contributed by atoms with Crippen LogP contribution < -0.4 is 4.74 Å². The third kappa shape index (κ3) is 6.02. The Balaban J connectivity index is 2.71. The number of hydrogen-bond acceptors (Lipinski definition) is 3. The second kappa shape index (κ2) is 6.82. The molecular weight excluding hydrogens is 307 g/mol. The van der Waals surface area contributed by atoms with Crippen molar-refractivity contribution in [1.82, 2.24) is 0 Å². The van der Waals surface area contributed by atoms with Gasteiger partial charge < -0.3 is 4.74 Å². The van der Waals surface area contributed by atoms with Crippen molar-refractivity contribution in [3.8, 4) is 5.75 Å². The fourth-order valence-corrected chi connectivity index (χ4v) is 3.36. The molecule has 0 aliphatic carbocycles. The van der Waals surface area contributed by atoms with Crippen LogP contribution in [0, 0.1) is 18.8 Å². The zero-order valence-electron chi connectivity index (χ0n) is 11.2. The van der Waals surface area contributed by atoms with Crippen LogP contribution in [-0.4, -0.2) is 20.8 Å². The molecule has 0 radical (unpaired) electrons. The SMILES string of the molecule is Cc1cc(Cl)ccc1OCC(CS(=O)(=O)Cl)C(C)C. The molecule has 1 rings (SSSR count). The number of ether oxygens (including phenoxy) is 1. The van der Waals surface area contributed by atoms with Crippen LogP contribution in [0.2, 0.25) is 5.02 Å². The van der Waals surface area contributed by atoms with Crippen molar-refractivity contribution < 1.29 is 13.2 Å². The third-order valence-electron chi connectivity index (χ3n) is 2.95. The number of rotatable bonds is 6. The van der Waals surface area contributed by atoms with E-state index < -0.39 is 9.05 Å². The molecule has 1 unspecified atom stereocenters. The van der Waals surface area contributed by atoms with Gasteiger partial charge in [0.2, 0.25) is 9.05 Å². The van der Waals surface area contributed by atoms with Crippen molar-refractivity contribution in [2.45, 2.75) is 20.8 Å². The zero-order valence-corrected chi connectivity index (χ0v) is 13.5. The molecule has 6 heteroatoms. The Labute approximate surface area is 124 Å². The normalized spacial score (nSPS) is 13.6. The lowest BCUT2D eigenvalue weighted by Crippen LogP contribution is -2.24. The fourth-order valence-electron chi connectivity index (χ4n) is 1.66. The van der Waals surface area contributed by atoms with Gasteiger partial charge in [-0.3, -0.25) is 0 Å². The van der Waals surface area contributed by atoms with E-state index in [1.807, 2.05) is 20.8 Å². The predicted octanol–water partition coefficient (Wildman–Crippen LogP) is 3.87. The average molecular weight is 325 g/mol. The van der Waals surface area contributed by atoms with Gasteiger partial charge in [0, 0.05) is 21.6 Å². The summed E-state index contributed by atoms with van der Waals surface area (Å²) in [6, 6.07) is 5.33. The van der Waals surface area contributed by atoms with Gasteiger partial charge >= 0.3 is 0 Å². The molecule has 0 saturated carbocycles. The Morgan fingerprint density at radius 2 is 1.95 bits per heavy atom. The van der Waals surface area contributed by atoms with Crippen LogP contribution >= 0.6 is 22.3 Å². The summed E-state index contributed by atoms with van der Waals surface area (Å²) in [5.41, 5.74) is 0.920. The first-order chi connectivity index (χ1) is 8.69. The van der Waals surface area contributed by atoms with Crippen molar-refractivity contribution >= 4 is 31.3 Å². The van der Waals surface area contributed by atoms with Crippen molar-refractivity contribution in [2.24, 2.45) is 11.8 Å². The molecule has 0 aliphatic rings. The van der Waals surface area contributed by atoms with Crippen molar-refractivity contribution in [1.29, 1.82) is 0 Å². The van der Waals surface area contributed by atoms with E-state index in [0.717, 1.165) is 5.56 Å². The molecule has 0 aromatic heterocycles. The zero-order chi connectivity index (χ0) is 14.6. The van der Waals surface area contributed by atoms with Gasteiger partial charge in [-0.15, -0.1) is 0 Å². The topological polar surface area (TPSA) is 43.4 Å². The summed E-state index contributed by atoms with van der Waals surface area (Å²) in [4.78, 5) is 0. The molecule has 0 heterocycles. The van der Waals surface area contributed by atoms with E-state index in [2.05, 4.69) is 0 Å². The maximum atomic E-state index is 11.2. The highest BCUT2D eigenvalue weighted by Crippen LogP contribution is 2.24. The molecule has 0 N–H and O–H groups in total. The Morgan fingerprint density at radius 3 is 2.42 bits per heavy atom. The third-order valence-corrected chi connectivity index (χ3v) is 4.39. The summed E-state index contributed by atoms with van der Waals surface area (Å²) in [5.74, 6) is 0.652. The second-order valence-corrected chi connectivity index (χ2v) is 8.19. The summed E-state index contributed by atoms with van der Waals surface area (Å²) in [7, 11) is 1.79. The van der Waals surface area contributed by atoms with Crippen LogP contribution in [0.5, 0.6) is 5.75 Å². The van der Waals surface area contributed by atoms with E-state index >= 15 is 0 Å². The molecule has 3 nitrogen and oxygen atoms in total. The minimum Gasteiger partial charge on any atom is -0.493 e. The molecule has 19 heavy (non-hydrogen) atoms. The first-order valence-corrected chi connectivity index (χ1v) is 8.86. The van der Waals surface area contributed by atoms with Gasteiger partial charge in [0.05, 0.1) is 12.4 Å². The summed E-state index contributed by atoms with van der Waals surface area (Å²) in [6.45, 7) is 6.10. The van der Waals surface area contributed by atoms with Gasteiger partial charge in [-0.25, -0.2) is 8.42 Å². The predicted molar refractivity (Wildman–Crippen MR) is 79.7 cm³/mol. The minimum atomic E-state index is -3.52. The summed E-state index contributed by atoms with van der Waals surface area (Å²) >= 11 is 5.86. The minimum absolute atomic E-state index is 0.0845. The first-order valence-electron chi connectivity index (χ1n) is 6.00. The Kier molecular flexibility index (Phi) is 5.96. The summed E-state index contributed by atoms with van der Waals surface area (Å²) in [5, 5.41) is 0.647. The van der Waals surface area contributed by atoms with Gasteiger partial charge in [0.1, 0.15) is 5.75 Å². The smallest absolute Gasteiger partial charge is 0.233 e. The van der Waals surface area contributed by atoms with Gasteiger partial charge in [-0.05, 0) is 36.6 Å². The van der Waals surface area contributed by atoms with E-state index in [-0.39, 0.29) is 17.6 Å². The average Bonchev–Trinajstić information content (AvgIpc) is 2.24. The first kappa shape index (κ1) is 16.6. The Morgan fingerprint density at radius 1 is 1.32 bits per heavy atom. The number of aryl methyl sites for hydroxylation is 1. The van der Waals surface area contributed by atoms with Crippen molar-refractivity contribution in [2.75, 3.05) is 12.4 Å². The monoisotopic (exact) mass is 324 g/mol. The number of halogens is 2. The Hall–Kier alpha value is -0.450. The molecule has 108 valence electrons. The van der Waals surface area contributed by atoms with Gasteiger partial charge in [0.25, 0.3) is 0 Å². The molecule has 0 aliphatic heterocycles. The van der Waals surface area contributed by atoms with Crippen LogP contribution in [0.25, 0.3) is 0 Å². The van der Waals surface area contributed by atoms with E-state index in [1.165, 1.54) is 0 Å². The lowest BCUT2D eigenvalue weighted by atomic mass is 9.99. The highest BCUT2D eigenvalue weighted by atomic mass is 35.7. The van der Waals surface area contributed by atoms with Crippen LogP contribution in [0.15, 0.2) is 18.2 Å². The molecule has 0 fully saturated rings. The molecule has 1 aromatic carbocycles. The second-order valence-electron chi connectivity index (χ2n) is 4.93. The van der Waals surface area contributed by atoms with E-state index in [9.17, 15) is 8.42 Å². The number of hydrogen-bond donors (Lipinski definition) is 0. The van der Waals surface area contributed by atoms with E-state index in [1.54, 1.807) is 18.2 Å². The molecule has 1 atom stereocenters. The van der Waals surface area contributed by atoms with Crippen LogP contribution in [0.3, 0.4) is 0 Å². The molecular formula is C13H18Cl2O3S. The number of benzene rings is 1. The van der Waals surface area contributed by atoms with Crippen LogP contribution in [0.1, 0.15) is 19.4 Å². The van der Waals surface area contributed by atoms with Crippen LogP contribution in [-0.2, 0) is 9.05 Å². The van der Waals surface area contributed by atoms with Crippen LogP contribution in [0.4, 0.5) is 0 Å². The maximum absolute atomic E-state index is 11.2. The van der Waals surface area contributed by atoms with Gasteiger partial charge in [-0.1, -0.05) is 25.4 Å². The highest BCUT2D eigenvalue weighted by Gasteiger charge is 2.21. The van der Waals surface area contributed by atoms with Gasteiger partial charge in [-0.2, -0.15) is 0 Å². The lowest BCUT2D eigenvalue weighted by molar-refractivity contribution is 0.224. The quantitative estimate of drug-likeness (QED) is 0.746. The Bertz CT molecular complexity index is 527. The van der Waals surface area contributed by atoms with E-state index in [4.69, 9.17) is 27.0 Å². The highest BCUT2D eigenvalue weighted by molar-refractivity contribution is 8.13. The fraction of sp³-hybridized carbons (Fsp3) is 0.538. The largest absolute Gasteiger partial charge is 0.493 e. The summed E-state index contributed by atoms with van der Waals surface area (Å²) < 4.78 is 28.0. The molecule has 0 bridgehead atoms. The van der Waals surface area contributed by atoms with Crippen molar-refractivity contribution in [3.63, 3.8) is 0 Å². The lowest BCUT2D eigenvalue weighted by Gasteiger charge is -2.20. The molecule has 0 amide bonds. The molecule has 0 spiro atoms. The standard InChI is InChI=1S/C13H18Cl2O3S/c1-9(2)11(8-19(15,16)17)7-18-13-5-4-12(14)6-10(13)3/h4-6,9,11H,7-8H2,1-3H3. The molecule has 1 aromatic rings. The van der Waals surface area contributed by atoms with Crippen molar-refractivity contribution in [3.05, 3.63) is 28.8 Å². The maximum Gasteiger partial charge on any atom is 0.233 e.